The molecule has 3 aliphatic carbocycles. The van der Waals surface area contributed by atoms with Gasteiger partial charge in [-0.3, -0.25) is 14.3 Å². The Morgan fingerprint density at radius 2 is 1.84 bits per heavy atom. The van der Waals surface area contributed by atoms with Crippen molar-refractivity contribution < 1.29 is 17.7 Å². The van der Waals surface area contributed by atoms with E-state index in [0.717, 1.165) is 70.1 Å². The van der Waals surface area contributed by atoms with Crippen molar-refractivity contribution in [2.24, 2.45) is 5.92 Å². The van der Waals surface area contributed by atoms with E-state index in [9.17, 15) is 18.0 Å². The summed E-state index contributed by atoms with van der Waals surface area (Å²) in [6.45, 7) is 4.99. The second-order valence-corrected chi connectivity index (χ2v) is 15.0. The number of thiazole rings is 1. The van der Waals surface area contributed by atoms with Crippen LogP contribution in [-0.4, -0.2) is 41.2 Å². The molecule has 43 heavy (non-hydrogen) atoms. The Balaban J connectivity index is 1.18. The van der Waals surface area contributed by atoms with E-state index in [1.165, 1.54) is 11.3 Å². The van der Waals surface area contributed by atoms with Gasteiger partial charge in [0.1, 0.15) is 5.69 Å². The molecule has 2 heterocycles. The first-order valence-electron chi connectivity index (χ1n) is 14.8. The predicted octanol–water partition coefficient (Wildman–Crippen LogP) is 5.54. The Kier molecular flexibility index (Phi) is 7.00. The van der Waals surface area contributed by atoms with Gasteiger partial charge in [0.05, 0.1) is 11.3 Å². The van der Waals surface area contributed by atoms with Crippen molar-refractivity contribution in [1.82, 2.24) is 19.8 Å². The van der Waals surface area contributed by atoms with Crippen LogP contribution in [0.2, 0.25) is 0 Å². The summed E-state index contributed by atoms with van der Waals surface area (Å²) in [6, 6.07) is 14.3. The van der Waals surface area contributed by atoms with Crippen LogP contribution in [0, 0.1) is 12.8 Å². The monoisotopic (exact) mass is 619 g/mol. The highest BCUT2D eigenvalue weighted by Crippen LogP contribution is 2.48. The van der Waals surface area contributed by atoms with Crippen molar-refractivity contribution in [3.8, 4) is 22.5 Å². The number of anilines is 1. The summed E-state index contributed by atoms with van der Waals surface area (Å²) in [5.41, 5.74) is 5.12. The summed E-state index contributed by atoms with van der Waals surface area (Å²) in [6.07, 6.45) is 5.49. The van der Waals surface area contributed by atoms with Crippen molar-refractivity contribution in [1.29, 1.82) is 0 Å². The van der Waals surface area contributed by atoms with Crippen LogP contribution >= 0.6 is 11.3 Å². The molecule has 10 nitrogen and oxygen atoms in total. The number of rotatable bonds is 11. The number of aromatic nitrogens is 3. The average Bonchev–Trinajstić information content (AvgIpc) is 3.87. The molecule has 3 fully saturated rings. The number of hydrogen-bond acceptors (Lipinski definition) is 9. The van der Waals surface area contributed by atoms with Gasteiger partial charge in [-0.25, -0.2) is 22.9 Å². The second-order valence-electron chi connectivity index (χ2n) is 12.0. The van der Waals surface area contributed by atoms with Gasteiger partial charge in [0.2, 0.25) is 10.0 Å². The van der Waals surface area contributed by atoms with Crippen LogP contribution in [0.1, 0.15) is 83.9 Å². The highest BCUT2D eigenvalue weighted by Gasteiger charge is 2.40. The molecule has 0 aliphatic heterocycles. The van der Waals surface area contributed by atoms with Crippen LogP contribution < -0.4 is 15.4 Å². The Bertz CT molecular complexity index is 1850. The predicted molar refractivity (Wildman–Crippen MR) is 165 cm³/mol. The number of hydrogen-bond donors (Lipinski definition) is 2. The molecule has 0 saturated heterocycles. The molecule has 2 aromatic heterocycles. The Hall–Kier alpha value is -3.77. The van der Waals surface area contributed by atoms with Gasteiger partial charge in [0.25, 0.3) is 5.91 Å². The van der Waals surface area contributed by atoms with Crippen LogP contribution in [0.3, 0.4) is 0 Å². The van der Waals surface area contributed by atoms with Gasteiger partial charge in [-0.15, -0.1) is 11.3 Å². The van der Waals surface area contributed by atoms with Gasteiger partial charge in [0.15, 0.2) is 11.0 Å². The molecule has 0 unspecified atom stereocenters. The number of nitrogens with zero attached hydrogens (tertiary/aromatic N) is 3. The van der Waals surface area contributed by atoms with Crippen LogP contribution in [0.5, 0.6) is 0 Å². The van der Waals surface area contributed by atoms with Crippen molar-refractivity contribution in [3.63, 3.8) is 0 Å². The maximum atomic E-state index is 13.2. The fourth-order valence-electron chi connectivity index (χ4n) is 5.42. The molecular formula is C31H33N5O5S2. The third-order valence-corrected chi connectivity index (χ3v) is 11.5. The van der Waals surface area contributed by atoms with E-state index in [4.69, 9.17) is 9.51 Å². The molecule has 0 bridgehead atoms. The molecular weight excluding hydrogens is 587 g/mol. The zero-order chi connectivity index (χ0) is 29.9. The first-order chi connectivity index (χ1) is 20.7. The number of sulfonamides is 1. The molecule has 0 spiro atoms. The molecule has 2 aromatic carbocycles. The Labute approximate surface area is 253 Å². The number of H-pyrrole nitrogens is 1. The highest BCUT2D eigenvalue weighted by atomic mass is 32.2. The fourth-order valence-corrected chi connectivity index (χ4v) is 8.02. The fraction of sp³-hybridized carbons (Fsp3) is 0.419. The lowest BCUT2D eigenvalue weighted by Gasteiger charge is -2.29. The van der Waals surface area contributed by atoms with E-state index < -0.39 is 26.9 Å². The summed E-state index contributed by atoms with van der Waals surface area (Å²) >= 11 is 1.53. The van der Waals surface area contributed by atoms with E-state index in [-0.39, 0.29) is 17.7 Å². The van der Waals surface area contributed by atoms with E-state index in [2.05, 4.69) is 57.0 Å². The van der Waals surface area contributed by atoms with E-state index in [1.807, 2.05) is 19.1 Å². The van der Waals surface area contributed by atoms with Crippen LogP contribution in [-0.2, 0) is 10.0 Å². The first kappa shape index (κ1) is 28.0. The maximum absolute atomic E-state index is 13.2. The first-order valence-corrected chi connectivity index (χ1v) is 17.1. The van der Waals surface area contributed by atoms with Gasteiger partial charge in [-0.05, 0) is 80.9 Å². The van der Waals surface area contributed by atoms with Crippen molar-refractivity contribution in [2.45, 2.75) is 69.6 Å². The second kappa shape index (κ2) is 10.7. The number of carbonyl (C=O) groups excluding carboxylic acids is 1. The summed E-state index contributed by atoms with van der Waals surface area (Å²) in [7, 11) is -3.66. The summed E-state index contributed by atoms with van der Waals surface area (Å²) < 4.78 is 32.1. The third kappa shape index (κ3) is 5.90. The molecule has 2 N–H and O–H groups in total. The lowest BCUT2D eigenvalue weighted by Crippen LogP contribution is -2.34. The Morgan fingerprint density at radius 3 is 2.47 bits per heavy atom. The van der Waals surface area contributed by atoms with Gasteiger partial charge in [-0.1, -0.05) is 53.2 Å². The maximum Gasteiger partial charge on any atom is 0.439 e. The molecule has 1 atom stereocenters. The lowest BCUT2D eigenvalue weighted by atomic mass is 9.95. The number of nitrogens with one attached hydrogen (secondary N) is 2. The van der Waals surface area contributed by atoms with Gasteiger partial charge in [-0.2, -0.15) is 0 Å². The minimum absolute atomic E-state index is 0.0252. The average molecular weight is 620 g/mol. The number of aromatic amines is 1. The summed E-state index contributed by atoms with van der Waals surface area (Å²) in [5.74, 6) is 0.00646. The highest BCUT2D eigenvalue weighted by molar-refractivity contribution is 7.91. The van der Waals surface area contributed by atoms with Crippen LogP contribution in [0.25, 0.3) is 22.5 Å². The molecule has 0 radical (unpaired) electrons. The number of carbonyl (C=O) groups is 1. The van der Waals surface area contributed by atoms with Gasteiger partial charge in [0, 0.05) is 17.0 Å². The quantitative estimate of drug-likeness (QED) is 0.223. The normalized spacial score (nSPS) is 17.5. The SMILES string of the molecule is Cc1ccc(-c2noc(=O)[nH]2)c(-c2ccc([C@@H](C)N(CC3CC3)c3nc(C(=O)NS(=O)(=O)C4CC4)c(C4CC4)s3)cc2)c1. The smallest absolute Gasteiger partial charge is 0.341 e. The van der Waals surface area contributed by atoms with Gasteiger partial charge >= 0.3 is 5.76 Å². The zero-order valence-corrected chi connectivity index (χ0v) is 25.6. The molecule has 12 heteroatoms. The lowest BCUT2D eigenvalue weighted by molar-refractivity contribution is 0.0976. The zero-order valence-electron chi connectivity index (χ0n) is 24.0. The minimum atomic E-state index is -3.66. The Morgan fingerprint density at radius 1 is 1.09 bits per heavy atom. The molecule has 7 rings (SSSR count). The van der Waals surface area contributed by atoms with Crippen LogP contribution in [0.4, 0.5) is 5.13 Å². The van der Waals surface area contributed by atoms with Crippen molar-refractivity contribution in [2.75, 3.05) is 11.4 Å². The minimum Gasteiger partial charge on any atom is -0.341 e. The van der Waals surface area contributed by atoms with Gasteiger partial charge < -0.3 is 4.90 Å². The van der Waals surface area contributed by atoms with E-state index in [1.54, 1.807) is 0 Å². The van der Waals surface area contributed by atoms with Crippen LogP contribution in [0.15, 0.2) is 51.8 Å². The topological polar surface area (TPSA) is 138 Å². The molecule has 4 aromatic rings. The molecule has 1 amide bonds. The third-order valence-electron chi connectivity index (χ3n) is 8.44. The molecule has 3 aliphatic rings. The number of aryl methyl sites for hydroxylation is 1. The largest absolute Gasteiger partial charge is 0.439 e. The van der Waals surface area contributed by atoms with E-state index >= 15 is 0 Å². The van der Waals surface area contributed by atoms with Crippen molar-refractivity contribution in [3.05, 3.63) is 74.7 Å². The summed E-state index contributed by atoms with van der Waals surface area (Å²) in [5, 5.41) is 4.18. The molecule has 224 valence electrons. The van der Waals surface area contributed by atoms with E-state index in [0.29, 0.717) is 24.6 Å². The molecule has 3 saturated carbocycles. The summed E-state index contributed by atoms with van der Waals surface area (Å²) in [4.78, 5) is 35.4. The number of amides is 1. The standard InChI is InChI=1S/C31H33N5O5S2/c1-17-3-14-24(28-33-31(38)41-34-28)25(15-17)21-8-6-20(7-9-21)18(2)36(16-19-4-5-19)30-32-26(27(42-30)22-10-11-22)29(37)35-43(39,40)23-12-13-23/h3,6-9,14-15,18-19,22-23H,4-5,10-13,16H2,1-2H3,(H,35,37)(H,33,34,38)/t18-/m1/s1. The van der Waals surface area contributed by atoms with Crippen molar-refractivity contribution >= 4 is 32.4 Å². The number of benzene rings is 2.